The molecule has 1 aliphatic heterocycles. The summed E-state index contributed by atoms with van der Waals surface area (Å²) in [5.74, 6) is 0.564. The molecule has 0 fully saturated rings. The number of aryl methyl sites for hydroxylation is 2. The number of methoxy groups -OCH3 is 2. The van der Waals surface area contributed by atoms with Crippen LogP contribution in [0, 0.1) is 6.92 Å². The van der Waals surface area contributed by atoms with E-state index >= 15 is 0 Å². The molecule has 3 aromatic rings. The molecule has 0 saturated heterocycles. The van der Waals surface area contributed by atoms with Crippen LogP contribution in [-0.2, 0) is 17.7 Å². The molecule has 0 radical (unpaired) electrons. The van der Waals surface area contributed by atoms with Crippen LogP contribution in [0.4, 0.5) is 0 Å². The number of cyclic esters (lactones) is 1. The molecular formula is C24H23NO6. The molecule has 0 amide bonds. The average molecular weight is 421 g/mol. The number of carbonyl (C=O) groups is 1. The molecule has 7 heteroatoms. The quantitative estimate of drug-likeness (QED) is 0.614. The number of pyridine rings is 1. The number of hydrogen-bond donors (Lipinski definition) is 1. The Balaban J connectivity index is 1.68. The maximum atomic E-state index is 13.3. The van der Waals surface area contributed by atoms with Gasteiger partial charge in [0.2, 0.25) is 0 Å². The van der Waals surface area contributed by atoms with Crippen molar-refractivity contribution in [3.8, 4) is 17.2 Å². The van der Waals surface area contributed by atoms with Gasteiger partial charge in [-0.05, 0) is 43.2 Å². The van der Waals surface area contributed by atoms with Gasteiger partial charge in [0.25, 0.3) is 5.56 Å². The summed E-state index contributed by atoms with van der Waals surface area (Å²) in [6.45, 7) is 2.14. The third kappa shape index (κ3) is 3.63. The minimum Gasteiger partial charge on any atom is -0.507 e. The number of esters is 1. The van der Waals surface area contributed by atoms with Gasteiger partial charge >= 0.3 is 5.97 Å². The van der Waals surface area contributed by atoms with Crippen molar-refractivity contribution in [3.63, 3.8) is 0 Å². The van der Waals surface area contributed by atoms with Gasteiger partial charge in [-0.15, -0.1) is 0 Å². The van der Waals surface area contributed by atoms with Crippen molar-refractivity contribution in [2.24, 2.45) is 0 Å². The fourth-order valence-electron chi connectivity index (χ4n) is 3.93. The standard InChI is InChI=1S/C24H23NO6/c1-14-12-18(26)21(22-16-6-4-5-7-17(16)24(28)31-22)23(27)25(14)11-10-15-8-9-19(29-2)20(13-15)30-3/h4-9,12-13,22,26H,10-11H2,1-3H3. The second-order valence-electron chi connectivity index (χ2n) is 7.35. The Morgan fingerprint density at radius 3 is 2.52 bits per heavy atom. The van der Waals surface area contributed by atoms with Gasteiger partial charge in [0.05, 0.1) is 19.8 Å². The zero-order valence-corrected chi connectivity index (χ0v) is 17.5. The number of aromatic nitrogens is 1. The Kier molecular flexibility index (Phi) is 5.42. The van der Waals surface area contributed by atoms with E-state index < -0.39 is 12.1 Å². The number of fused-ring (bicyclic) bond motifs is 1. The van der Waals surface area contributed by atoms with Crippen molar-refractivity contribution in [1.82, 2.24) is 4.57 Å². The largest absolute Gasteiger partial charge is 0.507 e. The predicted molar refractivity (Wildman–Crippen MR) is 114 cm³/mol. The molecule has 1 aromatic heterocycles. The van der Waals surface area contributed by atoms with E-state index in [9.17, 15) is 14.7 Å². The number of carbonyl (C=O) groups excluding carboxylic acids is 1. The predicted octanol–water partition coefficient (Wildman–Crippen LogP) is 3.38. The highest BCUT2D eigenvalue weighted by Gasteiger charge is 2.35. The van der Waals surface area contributed by atoms with E-state index in [-0.39, 0.29) is 16.9 Å². The van der Waals surface area contributed by atoms with Gasteiger partial charge in [0, 0.05) is 17.8 Å². The molecule has 160 valence electrons. The molecule has 4 rings (SSSR count). The molecule has 0 aliphatic carbocycles. The summed E-state index contributed by atoms with van der Waals surface area (Å²) in [5.41, 5.74) is 2.25. The minimum absolute atomic E-state index is 0.0659. The molecule has 2 aromatic carbocycles. The Morgan fingerprint density at radius 1 is 1.03 bits per heavy atom. The first kappa shape index (κ1) is 20.5. The van der Waals surface area contributed by atoms with Gasteiger partial charge in [-0.25, -0.2) is 4.79 Å². The summed E-state index contributed by atoms with van der Waals surface area (Å²) >= 11 is 0. The zero-order chi connectivity index (χ0) is 22.1. The number of benzene rings is 2. The van der Waals surface area contributed by atoms with Gasteiger partial charge in [-0.3, -0.25) is 4.79 Å². The number of aromatic hydroxyl groups is 1. The second kappa shape index (κ2) is 8.18. The van der Waals surface area contributed by atoms with Crippen LogP contribution in [0.1, 0.15) is 38.8 Å². The Bertz CT molecular complexity index is 1210. The third-order valence-electron chi connectivity index (χ3n) is 5.55. The monoisotopic (exact) mass is 421 g/mol. The molecule has 1 aliphatic rings. The van der Waals surface area contributed by atoms with Crippen LogP contribution in [0.15, 0.2) is 53.3 Å². The lowest BCUT2D eigenvalue weighted by Crippen LogP contribution is -2.28. The normalized spacial score (nSPS) is 14.8. The van der Waals surface area contributed by atoms with Crippen molar-refractivity contribution < 1.29 is 24.1 Å². The highest BCUT2D eigenvalue weighted by molar-refractivity contribution is 5.94. The topological polar surface area (TPSA) is 87.0 Å². The fourth-order valence-corrected chi connectivity index (χ4v) is 3.93. The lowest BCUT2D eigenvalue weighted by Gasteiger charge is -2.17. The van der Waals surface area contributed by atoms with E-state index in [1.54, 1.807) is 50.0 Å². The summed E-state index contributed by atoms with van der Waals surface area (Å²) in [5, 5.41) is 10.5. The van der Waals surface area contributed by atoms with Crippen LogP contribution in [0.3, 0.4) is 0 Å². The number of rotatable bonds is 6. The molecule has 0 saturated carbocycles. The van der Waals surface area contributed by atoms with E-state index in [0.717, 1.165) is 5.56 Å². The summed E-state index contributed by atoms with van der Waals surface area (Å²) in [4.78, 5) is 25.5. The third-order valence-corrected chi connectivity index (χ3v) is 5.55. The van der Waals surface area contributed by atoms with Crippen molar-refractivity contribution in [2.75, 3.05) is 14.2 Å². The highest BCUT2D eigenvalue weighted by atomic mass is 16.5. The SMILES string of the molecule is COc1ccc(CCn2c(C)cc(O)c(C3OC(=O)c4ccccc43)c2=O)cc1OC. The molecule has 31 heavy (non-hydrogen) atoms. The first-order chi connectivity index (χ1) is 14.9. The molecular weight excluding hydrogens is 398 g/mol. The summed E-state index contributed by atoms with van der Waals surface area (Å²) in [6.07, 6.45) is -0.365. The molecule has 7 nitrogen and oxygen atoms in total. The Morgan fingerprint density at radius 2 is 1.77 bits per heavy atom. The van der Waals surface area contributed by atoms with Gasteiger partial charge in [-0.2, -0.15) is 0 Å². The van der Waals surface area contributed by atoms with Crippen LogP contribution in [0.5, 0.6) is 17.2 Å². The van der Waals surface area contributed by atoms with E-state index in [4.69, 9.17) is 14.2 Å². The molecule has 1 N–H and O–H groups in total. The van der Waals surface area contributed by atoms with Crippen molar-refractivity contribution in [3.05, 3.63) is 86.8 Å². The van der Waals surface area contributed by atoms with Crippen LogP contribution in [0.25, 0.3) is 0 Å². The molecule has 2 heterocycles. The smallest absolute Gasteiger partial charge is 0.339 e. The van der Waals surface area contributed by atoms with Gasteiger partial charge in [0.1, 0.15) is 11.3 Å². The summed E-state index contributed by atoms with van der Waals surface area (Å²) < 4.78 is 17.6. The van der Waals surface area contributed by atoms with Gasteiger partial charge < -0.3 is 23.9 Å². The average Bonchev–Trinajstić information content (AvgIpc) is 3.09. The van der Waals surface area contributed by atoms with Crippen LogP contribution in [0.2, 0.25) is 0 Å². The van der Waals surface area contributed by atoms with E-state index in [1.165, 1.54) is 6.07 Å². The lowest BCUT2D eigenvalue weighted by atomic mass is 9.99. The summed E-state index contributed by atoms with van der Waals surface area (Å²) in [7, 11) is 3.15. The van der Waals surface area contributed by atoms with Crippen molar-refractivity contribution in [1.29, 1.82) is 0 Å². The van der Waals surface area contributed by atoms with Crippen molar-refractivity contribution >= 4 is 5.97 Å². The Labute approximate surface area is 179 Å². The van der Waals surface area contributed by atoms with Crippen LogP contribution in [-0.4, -0.2) is 29.9 Å². The Hall–Kier alpha value is -3.74. The van der Waals surface area contributed by atoms with Gasteiger partial charge in [0.15, 0.2) is 17.6 Å². The first-order valence-corrected chi connectivity index (χ1v) is 9.88. The number of hydrogen-bond acceptors (Lipinski definition) is 6. The van der Waals surface area contributed by atoms with E-state index in [2.05, 4.69) is 0 Å². The van der Waals surface area contributed by atoms with Crippen LogP contribution < -0.4 is 15.0 Å². The van der Waals surface area contributed by atoms with E-state index in [0.29, 0.717) is 41.3 Å². The summed E-state index contributed by atoms with van der Waals surface area (Å²) in [6, 6.07) is 14.0. The molecule has 1 unspecified atom stereocenters. The van der Waals surface area contributed by atoms with Crippen LogP contribution >= 0.6 is 0 Å². The maximum absolute atomic E-state index is 13.3. The van der Waals surface area contributed by atoms with E-state index in [1.807, 2.05) is 18.2 Å². The van der Waals surface area contributed by atoms with Crippen molar-refractivity contribution in [2.45, 2.75) is 26.0 Å². The lowest BCUT2D eigenvalue weighted by molar-refractivity contribution is 0.0450. The number of nitrogens with zero attached hydrogens (tertiary/aromatic N) is 1. The first-order valence-electron chi connectivity index (χ1n) is 9.88. The zero-order valence-electron chi connectivity index (χ0n) is 17.5. The minimum atomic E-state index is -0.927. The fraction of sp³-hybridized carbons (Fsp3) is 0.250. The maximum Gasteiger partial charge on any atom is 0.339 e. The number of ether oxygens (including phenoxy) is 3. The highest BCUT2D eigenvalue weighted by Crippen LogP contribution is 2.37. The molecule has 1 atom stereocenters. The van der Waals surface area contributed by atoms with Gasteiger partial charge in [-0.1, -0.05) is 24.3 Å². The second-order valence-corrected chi connectivity index (χ2v) is 7.35. The molecule has 0 spiro atoms. The molecule has 0 bridgehead atoms.